The lowest BCUT2D eigenvalue weighted by atomic mass is 10.2. The molecule has 118 valence electrons. The summed E-state index contributed by atoms with van der Waals surface area (Å²) in [7, 11) is 0. The summed E-state index contributed by atoms with van der Waals surface area (Å²) in [6.45, 7) is 8.13. The van der Waals surface area contributed by atoms with Gasteiger partial charge in [0, 0.05) is 38.1 Å². The monoisotopic (exact) mass is 302 g/mol. The molecule has 1 N–H and O–H groups in total. The highest BCUT2D eigenvalue weighted by Crippen LogP contribution is 2.08. The summed E-state index contributed by atoms with van der Waals surface area (Å²) in [6, 6.07) is 4.26. The smallest absolute Gasteiger partial charge is 0.271 e. The first-order valence-corrected chi connectivity index (χ1v) is 7.69. The highest BCUT2D eigenvalue weighted by molar-refractivity contribution is 5.92. The molecule has 0 radical (unpaired) electrons. The molecular weight excluding hydrogens is 280 g/mol. The molecule has 0 bridgehead atoms. The van der Waals surface area contributed by atoms with Gasteiger partial charge in [0.1, 0.15) is 11.3 Å². The second-order valence-electron chi connectivity index (χ2n) is 5.80. The summed E-state index contributed by atoms with van der Waals surface area (Å²) in [5.74, 6) is -0.124. The summed E-state index contributed by atoms with van der Waals surface area (Å²) in [5, 5.41) is 2.97. The van der Waals surface area contributed by atoms with E-state index >= 15 is 0 Å². The Morgan fingerprint density at radius 3 is 3.00 bits per heavy atom. The molecule has 1 atom stereocenters. The predicted octanol–water partition coefficient (Wildman–Crippen LogP) is 1.09. The number of morpholine rings is 1. The van der Waals surface area contributed by atoms with Gasteiger partial charge in [0.05, 0.1) is 13.2 Å². The first-order chi connectivity index (χ1) is 10.6. The van der Waals surface area contributed by atoms with Gasteiger partial charge in [-0.25, -0.2) is 4.98 Å². The van der Waals surface area contributed by atoms with E-state index < -0.39 is 0 Å². The third kappa shape index (κ3) is 3.28. The Labute approximate surface area is 130 Å². The van der Waals surface area contributed by atoms with Crippen molar-refractivity contribution in [2.75, 3.05) is 32.8 Å². The number of fused-ring (bicyclic) bond motifs is 1. The number of carbonyl (C=O) groups is 1. The number of hydrogen-bond acceptors (Lipinski definition) is 4. The Morgan fingerprint density at radius 1 is 1.45 bits per heavy atom. The van der Waals surface area contributed by atoms with E-state index in [4.69, 9.17) is 4.74 Å². The van der Waals surface area contributed by atoms with Crippen LogP contribution in [-0.4, -0.2) is 59.1 Å². The number of nitrogens with one attached hydrogen (secondary N) is 1. The Bertz CT molecular complexity index is 661. The highest BCUT2D eigenvalue weighted by atomic mass is 16.5. The van der Waals surface area contributed by atoms with Gasteiger partial charge in [-0.15, -0.1) is 0 Å². The van der Waals surface area contributed by atoms with Crippen molar-refractivity contribution < 1.29 is 9.53 Å². The van der Waals surface area contributed by atoms with E-state index in [-0.39, 0.29) is 5.91 Å². The summed E-state index contributed by atoms with van der Waals surface area (Å²) in [5.41, 5.74) is 2.39. The zero-order valence-corrected chi connectivity index (χ0v) is 13.1. The van der Waals surface area contributed by atoms with Gasteiger partial charge < -0.3 is 14.5 Å². The first-order valence-electron chi connectivity index (χ1n) is 7.69. The minimum absolute atomic E-state index is 0.124. The van der Waals surface area contributed by atoms with Crippen LogP contribution in [0.5, 0.6) is 0 Å². The third-order valence-corrected chi connectivity index (χ3v) is 4.08. The zero-order valence-electron chi connectivity index (χ0n) is 13.1. The van der Waals surface area contributed by atoms with Crippen LogP contribution in [0.1, 0.15) is 23.0 Å². The van der Waals surface area contributed by atoms with Gasteiger partial charge in [-0.1, -0.05) is 0 Å². The molecule has 3 heterocycles. The second-order valence-corrected chi connectivity index (χ2v) is 5.80. The van der Waals surface area contributed by atoms with E-state index in [1.165, 1.54) is 0 Å². The van der Waals surface area contributed by atoms with Crippen LogP contribution in [0, 0.1) is 6.92 Å². The third-order valence-electron chi connectivity index (χ3n) is 4.08. The van der Waals surface area contributed by atoms with Crippen molar-refractivity contribution in [1.29, 1.82) is 0 Å². The molecule has 0 aliphatic carbocycles. The molecule has 0 saturated carbocycles. The number of carbonyl (C=O) groups excluding carboxylic acids is 1. The number of aryl methyl sites for hydroxylation is 1. The lowest BCUT2D eigenvalue weighted by Gasteiger charge is -2.32. The molecule has 2 aromatic rings. The van der Waals surface area contributed by atoms with Gasteiger partial charge in [-0.2, -0.15) is 0 Å². The Morgan fingerprint density at radius 2 is 2.23 bits per heavy atom. The van der Waals surface area contributed by atoms with Crippen LogP contribution >= 0.6 is 0 Å². The molecule has 1 aliphatic heterocycles. The average molecular weight is 302 g/mol. The van der Waals surface area contributed by atoms with Crippen molar-refractivity contribution in [2.45, 2.75) is 19.9 Å². The number of aromatic nitrogens is 2. The van der Waals surface area contributed by atoms with Crippen LogP contribution in [0.4, 0.5) is 0 Å². The maximum Gasteiger partial charge on any atom is 0.271 e. The fraction of sp³-hybridized carbons (Fsp3) is 0.500. The number of hydrogen-bond donors (Lipinski definition) is 1. The standard InChI is InChI=1S/C16H22N4O2/c1-12-3-4-20-11-14(18-15(20)9-12)16(21)17-10-13(2)19-5-7-22-8-6-19/h3-4,9,11,13H,5-8,10H2,1-2H3,(H,17,21)/t13-/m0/s1. The van der Waals surface area contributed by atoms with Crippen molar-refractivity contribution in [2.24, 2.45) is 0 Å². The fourth-order valence-electron chi connectivity index (χ4n) is 2.67. The van der Waals surface area contributed by atoms with E-state index in [9.17, 15) is 4.79 Å². The maximum atomic E-state index is 12.3. The quantitative estimate of drug-likeness (QED) is 0.918. The van der Waals surface area contributed by atoms with Gasteiger partial charge in [0.25, 0.3) is 5.91 Å². The predicted molar refractivity (Wildman–Crippen MR) is 84.1 cm³/mol. The molecular formula is C16H22N4O2. The van der Waals surface area contributed by atoms with Crippen molar-refractivity contribution in [3.63, 3.8) is 0 Å². The number of amides is 1. The zero-order chi connectivity index (χ0) is 15.5. The first kappa shape index (κ1) is 15.0. The number of pyridine rings is 1. The molecule has 6 nitrogen and oxygen atoms in total. The molecule has 2 aromatic heterocycles. The van der Waals surface area contributed by atoms with E-state index in [0.717, 1.165) is 37.5 Å². The number of nitrogens with zero attached hydrogens (tertiary/aromatic N) is 3. The topological polar surface area (TPSA) is 58.9 Å². The molecule has 0 unspecified atom stereocenters. The van der Waals surface area contributed by atoms with Crippen molar-refractivity contribution >= 4 is 11.6 Å². The molecule has 3 rings (SSSR count). The van der Waals surface area contributed by atoms with Gasteiger partial charge in [0.2, 0.25) is 0 Å². The Balaban J connectivity index is 1.60. The van der Waals surface area contributed by atoms with E-state index in [1.54, 1.807) is 6.20 Å². The maximum absolute atomic E-state index is 12.3. The van der Waals surface area contributed by atoms with Crippen molar-refractivity contribution in [3.8, 4) is 0 Å². The van der Waals surface area contributed by atoms with E-state index in [2.05, 4.69) is 22.1 Å². The Kier molecular flexibility index (Phi) is 4.40. The largest absolute Gasteiger partial charge is 0.379 e. The number of rotatable bonds is 4. The van der Waals surface area contributed by atoms with E-state index in [1.807, 2.05) is 29.7 Å². The molecule has 6 heteroatoms. The van der Waals surface area contributed by atoms with Gasteiger partial charge in [0.15, 0.2) is 0 Å². The van der Waals surface area contributed by atoms with Gasteiger partial charge >= 0.3 is 0 Å². The molecule has 1 amide bonds. The summed E-state index contributed by atoms with van der Waals surface area (Å²) in [4.78, 5) is 19.0. The molecule has 0 aromatic carbocycles. The Hall–Kier alpha value is -1.92. The number of ether oxygens (including phenoxy) is 1. The van der Waals surface area contributed by atoms with Crippen LogP contribution in [0.25, 0.3) is 5.65 Å². The minimum atomic E-state index is -0.124. The average Bonchev–Trinajstić information content (AvgIpc) is 2.96. The summed E-state index contributed by atoms with van der Waals surface area (Å²) < 4.78 is 7.21. The number of imidazole rings is 1. The van der Waals surface area contributed by atoms with E-state index in [0.29, 0.717) is 18.3 Å². The summed E-state index contributed by atoms with van der Waals surface area (Å²) in [6.07, 6.45) is 3.69. The SMILES string of the molecule is Cc1ccn2cc(C(=O)NC[C@H](C)N3CCOCC3)nc2c1. The minimum Gasteiger partial charge on any atom is -0.379 e. The normalized spacial score (nSPS) is 17.5. The molecule has 1 aliphatic rings. The van der Waals surface area contributed by atoms with Gasteiger partial charge in [-0.05, 0) is 31.5 Å². The lowest BCUT2D eigenvalue weighted by Crippen LogP contribution is -2.47. The van der Waals surface area contributed by atoms with Crippen LogP contribution in [0.15, 0.2) is 24.5 Å². The second kappa shape index (κ2) is 6.46. The van der Waals surface area contributed by atoms with Crippen LogP contribution in [-0.2, 0) is 4.74 Å². The molecule has 1 saturated heterocycles. The molecule has 0 spiro atoms. The van der Waals surface area contributed by atoms with Gasteiger partial charge in [-0.3, -0.25) is 9.69 Å². The van der Waals surface area contributed by atoms with Crippen LogP contribution in [0.2, 0.25) is 0 Å². The fourth-order valence-corrected chi connectivity index (χ4v) is 2.67. The van der Waals surface area contributed by atoms with Crippen molar-refractivity contribution in [3.05, 3.63) is 35.8 Å². The lowest BCUT2D eigenvalue weighted by molar-refractivity contribution is 0.0204. The summed E-state index contributed by atoms with van der Waals surface area (Å²) >= 11 is 0. The molecule has 1 fully saturated rings. The highest BCUT2D eigenvalue weighted by Gasteiger charge is 2.18. The van der Waals surface area contributed by atoms with Crippen LogP contribution < -0.4 is 5.32 Å². The molecule has 22 heavy (non-hydrogen) atoms. The van der Waals surface area contributed by atoms with Crippen molar-refractivity contribution in [1.82, 2.24) is 19.6 Å². The van der Waals surface area contributed by atoms with Crippen LogP contribution in [0.3, 0.4) is 0 Å².